The largest absolute Gasteiger partial charge is 0.361 e. The van der Waals surface area contributed by atoms with Gasteiger partial charge < -0.3 is 19.7 Å². The predicted octanol–water partition coefficient (Wildman–Crippen LogP) is 3.90. The van der Waals surface area contributed by atoms with E-state index < -0.39 is 0 Å². The van der Waals surface area contributed by atoms with Crippen molar-refractivity contribution in [3.63, 3.8) is 0 Å². The number of hydrogen-bond donors (Lipinski definition) is 2. The van der Waals surface area contributed by atoms with E-state index in [-0.39, 0.29) is 7.43 Å². The molecular formula is C23H31N7O. The SMILES string of the molecule is C.Cc1noc(C)c1-c1cc(-c2c(C)nn(C)c2C)c2nc(N3CCNCC3)[nH]c2c1. The average molecular weight is 422 g/mol. The average Bonchev–Trinajstić information content (AvgIpc) is 3.38. The third-order valence-corrected chi connectivity index (χ3v) is 6.09. The second-order valence-corrected chi connectivity index (χ2v) is 8.09. The molecule has 2 N–H and O–H groups in total. The van der Waals surface area contributed by atoms with Crippen LogP contribution in [0.1, 0.15) is 30.3 Å². The van der Waals surface area contributed by atoms with Gasteiger partial charge in [-0.3, -0.25) is 4.68 Å². The van der Waals surface area contributed by atoms with Crippen LogP contribution in [0.15, 0.2) is 16.7 Å². The molecule has 0 aliphatic carbocycles. The lowest BCUT2D eigenvalue weighted by Crippen LogP contribution is -2.44. The van der Waals surface area contributed by atoms with Gasteiger partial charge in [0.25, 0.3) is 0 Å². The van der Waals surface area contributed by atoms with Gasteiger partial charge in [-0.15, -0.1) is 0 Å². The van der Waals surface area contributed by atoms with E-state index in [1.54, 1.807) is 0 Å². The van der Waals surface area contributed by atoms with Crippen molar-refractivity contribution in [3.05, 3.63) is 35.0 Å². The summed E-state index contributed by atoms with van der Waals surface area (Å²) in [5.74, 6) is 1.74. The van der Waals surface area contributed by atoms with Gasteiger partial charge in [-0.25, -0.2) is 4.98 Å². The van der Waals surface area contributed by atoms with Gasteiger partial charge in [0, 0.05) is 55.6 Å². The molecule has 0 amide bonds. The molecule has 8 nitrogen and oxygen atoms in total. The summed E-state index contributed by atoms with van der Waals surface area (Å²) in [7, 11) is 1.98. The van der Waals surface area contributed by atoms with Gasteiger partial charge in [0.1, 0.15) is 5.76 Å². The molecule has 8 heteroatoms. The Morgan fingerprint density at radius 3 is 2.35 bits per heavy atom. The van der Waals surface area contributed by atoms with Crippen LogP contribution in [0.5, 0.6) is 0 Å². The van der Waals surface area contributed by atoms with E-state index in [0.717, 1.165) is 88.3 Å². The molecule has 0 spiro atoms. The van der Waals surface area contributed by atoms with Crippen molar-refractivity contribution in [2.24, 2.45) is 7.05 Å². The van der Waals surface area contributed by atoms with E-state index in [9.17, 15) is 0 Å². The standard InChI is InChI=1S/C22H27N7O.CH4/c1-12-19(14(3)28(5)26-12)17-10-16(20-13(2)27-30-15(20)4)11-18-21(17)25-22(24-18)29-8-6-23-7-9-29;/h10-11,23H,6-9H2,1-5H3,(H,24,25);1H4. The maximum absolute atomic E-state index is 5.45. The number of aromatic amines is 1. The first-order chi connectivity index (χ1) is 14.4. The molecule has 0 bridgehead atoms. The summed E-state index contributed by atoms with van der Waals surface area (Å²) in [6, 6.07) is 4.36. The molecule has 1 aliphatic rings. The number of imidazole rings is 1. The Hall–Kier alpha value is -3.13. The summed E-state index contributed by atoms with van der Waals surface area (Å²) in [5.41, 5.74) is 9.33. The first-order valence-corrected chi connectivity index (χ1v) is 10.4. The molecule has 4 heterocycles. The number of aromatic nitrogens is 5. The molecule has 0 saturated carbocycles. The van der Waals surface area contributed by atoms with Crippen molar-refractivity contribution in [1.82, 2.24) is 30.2 Å². The zero-order valence-electron chi connectivity index (χ0n) is 18.1. The van der Waals surface area contributed by atoms with Crippen LogP contribution in [0, 0.1) is 27.7 Å². The minimum atomic E-state index is 0. The monoisotopic (exact) mass is 421 g/mol. The number of rotatable bonds is 3. The molecule has 31 heavy (non-hydrogen) atoms. The highest BCUT2D eigenvalue weighted by Gasteiger charge is 2.22. The van der Waals surface area contributed by atoms with E-state index in [4.69, 9.17) is 9.51 Å². The molecule has 5 rings (SSSR count). The van der Waals surface area contributed by atoms with Crippen molar-refractivity contribution in [2.75, 3.05) is 31.1 Å². The third-order valence-electron chi connectivity index (χ3n) is 6.09. The zero-order valence-corrected chi connectivity index (χ0v) is 18.1. The molecule has 3 aromatic heterocycles. The number of nitrogens with zero attached hydrogens (tertiary/aromatic N) is 5. The highest BCUT2D eigenvalue weighted by molar-refractivity contribution is 5.98. The third kappa shape index (κ3) is 3.40. The number of aryl methyl sites for hydroxylation is 4. The lowest BCUT2D eigenvalue weighted by atomic mass is 9.95. The molecule has 1 aromatic carbocycles. The normalized spacial score (nSPS) is 14.3. The minimum absolute atomic E-state index is 0. The highest BCUT2D eigenvalue weighted by Crippen LogP contribution is 2.38. The Morgan fingerprint density at radius 2 is 1.74 bits per heavy atom. The molecule has 1 saturated heterocycles. The van der Waals surface area contributed by atoms with Gasteiger partial charge in [-0.05, 0) is 45.4 Å². The molecule has 1 aliphatic heterocycles. The molecule has 1 fully saturated rings. The molecule has 0 radical (unpaired) electrons. The maximum Gasteiger partial charge on any atom is 0.203 e. The molecule has 4 aromatic rings. The van der Waals surface area contributed by atoms with Crippen LogP contribution >= 0.6 is 0 Å². The van der Waals surface area contributed by atoms with Gasteiger partial charge in [0.05, 0.1) is 22.4 Å². The van der Waals surface area contributed by atoms with Crippen LogP contribution in [-0.2, 0) is 7.05 Å². The van der Waals surface area contributed by atoms with Gasteiger partial charge in [0.15, 0.2) is 0 Å². The number of anilines is 1. The Morgan fingerprint density at radius 1 is 1.00 bits per heavy atom. The van der Waals surface area contributed by atoms with Crippen molar-refractivity contribution in [3.8, 4) is 22.3 Å². The van der Waals surface area contributed by atoms with Crippen LogP contribution in [-0.4, -0.2) is 51.1 Å². The first kappa shape index (κ1) is 21.1. The van der Waals surface area contributed by atoms with E-state index >= 15 is 0 Å². The number of benzene rings is 1. The molecular weight excluding hydrogens is 390 g/mol. The summed E-state index contributed by atoms with van der Waals surface area (Å²) < 4.78 is 7.39. The Kier molecular flexibility index (Phi) is 5.35. The van der Waals surface area contributed by atoms with Gasteiger partial charge in [-0.2, -0.15) is 5.10 Å². The van der Waals surface area contributed by atoms with Crippen LogP contribution in [0.3, 0.4) is 0 Å². The fourth-order valence-electron chi connectivity index (χ4n) is 4.52. The number of hydrogen-bond acceptors (Lipinski definition) is 6. The van der Waals surface area contributed by atoms with E-state index in [2.05, 4.69) is 51.4 Å². The zero-order chi connectivity index (χ0) is 21.0. The van der Waals surface area contributed by atoms with Crippen molar-refractivity contribution < 1.29 is 4.52 Å². The number of piperazine rings is 1. The topological polar surface area (TPSA) is 87.8 Å². The fourth-order valence-corrected chi connectivity index (χ4v) is 4.52. The fraction of sp³-hybridized carbons (Fsp3) is 0.435. The molecule has 0 unspecified atom stereocenters. The summed E-state index contributed by atoms with van der Waals surface area (Å²) in [4.78, 5) is 10.9. The van der Waals surface area contributed by atoms with Crippen LogP contribution in [0.4, 0.5) is 5.95 Å². The number of fused-ring (bicyclic) bond motifs is 1. The Labute approximate surface area is 182 Å². The molecule has 0 atom stereocenters. The summed E-state index contributed by atoms with van der Waals surface area (Å²) in [6.45, 7) is 11.9. The van der Waals surface area contributed by atoms with Crippen LogP contribution < -0.4 is 10.2 Å². The lowest BCUT2D eigenvalue weighted by molar-refractivity contribution is 0.393. The predicted molar refractivity (Wildman–Crippen MR) is 125 cm³/mol. The summed E-state index contributed by atoms with van der Waals surface area (Å²) in [5, 5.41) is 12.2. The highest BCUT2D eigenvalue weighted by atomic mass is 16.5. The second kappa shape index (κ2) is 7.85. The Bertz CT molecular complexity index is 1220. The van der Waals surface area contributed by atoms with Crippen LogP contribution in [0.25, 0.3) is 33.3 Å². The number of H-pyrrole nitrogens is 1. The van der Waals surface area contributed by atoms with E-state index in [0.29, 0.717) is 0 Å². The summed E-state index contributed by atoms with van der Waals surface area (Å²) in [6.07, 6.45) is 0. The van der Waals surface area contributed by atoms with Gasteiger partial charge >= 0.3 is 0 Å². The van der Waals surface area contributed by atoms with Crippen LogP contribution in [0.2, 0.25) is 0 Å². The van der Waals surface area contributed by atoms with E-state index in [1.165, 1.54) is 0 Å². The first-order valence-electron chi connectivity index (χ1n) is 10.4. The van der Waals surface area contributed by atoms with Crippen molar-refractivity contribution >= 4 is 17.0 Å². The molecule has 164 valence electrons. The van der Waals surface area contributed by atoms with Crippen molar-refractivity contribution in [2.45, 2.75) is 35.1 Å². The van der Waals surface area contributed by atoms with Gasteiger partial charge in [-0.1, -0.05) is 12.6 Å². The lowest BCUT2D eigenvalue weighted by Gasteiger charge is -2.26. The Balaban J connectivity index is 0.00000231. The van der Waals surface area contributed by atoms with Gasteiger partial charge in [0.2, 0.25) is 5.95 Å². The second-order valence-electron chi connectivity index (χ2n) is 8.09. The number of nitrogens with one attached hydrogen (secondary N) is 2. The minimum Gasteiger partial charge on any atom is -0.361 e. The quantitative estimate of drug-likeness (QED) is 0.522. The summed E-state index contributed by atoms with van der Waals surface area (Å²) >= 11 is 0. The smallest absolute Gasteiger partial charge is 0.203 e. The maximum atomic E-state index is 5.45. The van der Waals surface area contributed by atoms with E-state index in [1.807, 2.05) is 25.6 Å². The van der Waals surface area contributed by atoms with Crippen molar-refractivity contribution in [1.29, 1.82) is 0 Å².